The molecule has 0 radical (unpaired) electrons. The van der Waals surface area contributed by atoms with Crippen molar-refractivity contribution in [3.8, 4) is 0 Å². The van der Waals surface area contributed by atoms with Crippen molar-refractivity contribution in [1.82, 2.24) is 19.9 Å². The summed E-state index contributed by atoms with van der Waals surface area (Å²) in [5.41, 5.74) is 4.95. The fourth-order valence-electron chi connectivity index (χ4n) is 3.83. The van der Waals surface area contributed by atoms with E-state index in [1.54, 1.807) is 0 Å². The molecule has 0 N–H and O–H groups in total. The van der Waals surface area contributed by atoms with Crippen molar-refractivity contribution in [3.63, 3.8) is 0 Å². The monoisotopic (exact) mass is 352 g/mol. The number of hydrogen-bond donors (Lipinski definition) is 0. The van der Waals surface area contributed by atoms with Crippen LogP contribution in [-0.4, -0.2) is 34.0 Å². The highest BCUT2D eigenvalue weighted by molar-refractivity contribution is 5.56. The summed E-state index contributed by atoms with van der Waals surface area (Å²) in [6.45, 7) is 6.07. The first-order chi connectivity index (χ1) is 12.5. The van der Waals surface area contributed by atoms with Crippen molar-refractivity contribution >= 4 is 11.8 Å². The molecule has 1 aliphatic heterocycles. The van der Waals surface area contributed by atoms with E-state index in [0.717, 1.165) is 55.6 Å². The number of anilines is 2. The third kappa shape index (κ3) is 3.24. The van der Waals surface area contributed by atoms with Gasteiger partial charge < -0.3 is 9.80 Å². The summed E-state index contributed by atoms with van der Waals surface area (Å²) in [7, 11) is 4.02. The third-order valence-corrected chi connectivity index (χ3v) is 5.15. The molecule has 2 aliphatic rings. The van der Waals surface area contributed by atoms with Crippen molar-refractivity contribution in [2.45, 2.75) is 59.0 Å². The second-order valence-electron chi connectivity index (χ2n) is 8.09. The number of hydrogen-bond acceptors (Lipinski definition) is 6. The molecule has 0 saturated heterocycles. The molecule has 0 atom stereocenters. The third-order valence-electron chi connectivity index (χ3n) is 5.15. The Labute approximate surface area is 155 Å². The quantitative estimate of drug-likeness (QED) is 0.843. The van der Waals surface area contributed by atoms with Gasteiger partial charge in [-0.25, -0.2) is 15.0 Å². The summed E-state index contributed by atoms with van der Waals surface area (Å²) >= 11 is 0. The maximum atomic E-state index is 4.91. The van der Waals surface area contributed by atoms with Gasteiger partial charge in [-0.1, -0.05) is 13.8 Å². The molecule has 138 valence electrons. The molecule has 0 fully saturated rings. The molecule has 0 saturated carbocycles. The van der Waals surface area contributed by atoms with Crippen LogP contribution in [0.25, 0.3) is 0 Å². The number of nitrogens with zero attached hydrogens (tertiary/aromatic N) is 6. The van der Waals surface area contributed by atoms with Crippen LogP contribution in [0.1, 0.15) is 55.0 Å². The largest absolute Gasteiger partial charge is 0.347 e. The number of rotatable bonds is 4. The summed E-state index contributed by atoms with van der Waals surface area (Å²) in [6.07, 6.45) is 7.53. The van der Waals surface area contributed by atoms with Gasteiger partial charge in [0.1, 0.15) is 11.6 Å². The second kappa shape index (κ2) is 6.82. The molecule has 2 aromatic heterocycles. The van der Waals surface area contributed by atoms with Crippen molar-refractivity contribution in [3.05, 3.63) is 34.5 Å². The van der Waals surface area contributed by atoms with Crippen LogP contribution in [0.5, 0.6) is 0 Å². The van der Waals surface area contributed by atoms with Gasteiger partial charge in [0.25, 0.3) is 0 Å². The van der Waals surface area contributed by atoms with Crippen LogP contribution < -0.4 is 9.80 Å². The molecule has 4 rings (SSSR count). The van der Waals surface area contributed by atoms with Crippen molar-refractivity contribution in [2.24, 2.45) is 5.92 Å². The molecule has 26 heavy (non-hydrogen) atoms. The number of aromatic nitrogens is 4. The molecule has 0 aromatic carbocycles. The van der Waals surface area contributed by atoms with E-state index in [2.05, 4.69) is 23.7 Å². The van der Waals surface area contributed by atoms with E-state index in [1.165, 1.54) is 29.7 Å². The number of fused-ring (bicyclic) bond motifs is 2. The van der Waals surface area contributed by atoms with Crippen LogP contribution in [0.3, 0.4) is 0 Å². The average molecular weight is 352 g/mol. The average Bonchev–Trinajstić information content (AvgIpc) is 3.03. The lowest BCUT2D eigenvalue weighted by Gasteiger charge is -2.26. The molecule has 0 unspecified atom stereocenters. The van der Waals surface area contributed by atoms with Crippen LogP contribution in [0.15, 0.2) is 6.20 Å². The number of aryl methyl sites for hydroxylation is 1. The zero-order valence-corrected chi connectivity index (χ0v) is 16.3. The van der Waals surface area contributed by atoms with Crippen LogP contribution in [0.2, 0.25) is 0 Å². The molecule has 1 aliphatic carbocycles. The van der Waals surface area contributed by atoms with Crippen molar-refractivity contribution in [1.29, 1.82) is 0 Å². The smallest absolute Gasteiger partial charge is 0.227 e. The van der Waals surface area contributed by atoms with Gasteiger partial charge in [0, 0.05) is 44.4 Å². The van der Waals surface area contributed by atoms with Crippen LogP contribution in [0, 0.1) is 5.92 Å². The Balaban J connectivity index is 1.67. The molecule has 0 spiro atoms. The van der Waals surface area contributed by atoms with Gasteiger partial charge >= 0.3 is 0 Å². The minimum absolute atomic E-state index is 0.571. The highest BCUT2D eigenvalue weighted by Gasteiger charge is 2.28. The van der Waals surface area contributed by atoms with Crippen LogP contribution in [0.4, 0.5) is 11.8 Å². The maximum Gasteiger partial charge on any atom is 0.227 e. The minimum Gasteiger partial charge on any atom is -0.347 e. The van der Waals surface area contributed by atoms with E-state index < -0.39 is 0 Å². The van der Waals surface area contributed by atoms with Gasteiger partial charge in [0.15, 0.2) is 0 Å². The van der Waals surface area contributed by atoms with E-state index in [9.17, 15) is 0 Å². The highest BCUT2D eigenvalue weighted by Crippen LogP contribution is 2.34. The maximum absolute atomic E-state index is 4.91. The van der Waals surface area contributed by atoms with E-state index >= 15 is 0 Å². The first-order valence-corrected chi connectivity index (χ1v) is 9.67. The van der Waals surface area contributed by atoms with Gasteiger partial charge in [-0.3, -0.25) is 0 Å². The second-order valence-corrected chi connectivity index (χ2v) is 8.09. The summed E-state index contributed by atoms with van der Waals surface area (Å²) in [4.78, 5) is 23.5. The van der Waals surface area contributed by atoms with Gasteiger partial charge in [0.2, 0.25) is 5.95 Å². The molecule has 2 aromatic rings. The molecule has 3 heterocycles. The molecule has 6 nitrogen and oxygen atoms in total. The van der Waals surface area contributed by atoms with Gasteiger partial charge in [-0.15, -0.1) is 0 Å². The van der Waals surface area contributed by atoms with E-state index in [-0.39, 0.29) is 0 Å². The molecular formula is C20H28N6. The molecule has 0 bridgehead atoms. The molecule has 0 amide bonds. The molecular weight excluding hydrogens is 324 g/mol. The summed E-state index contributed by atoms with van der Waals surface area (Å²) < 4.78 is 0. The highest BCUT2D eigenvalue weighted by atomic mass is 15.3. The Morgan fingerprint density at radius 3 is 2.62 bits per heavy atom. The first-order valence-electron chi connectivity index (χ1n) is 9.67. The predicted octanol–water partition coefficient (Wildman–Crippen LogP) is 2.93. The lowest BCUT2D eigenvalue weighted by atomic mass is 9.96. The first kappa shape index (κ1) is 17.2. The van der Waals surface area contributed by atoms with Gasteiger partial charge in [0.05, 0.1) is 17.9 Å². The zero-order valence-electron chi connectivity index (χ0n) is 16.3. The van der Waals surface area contributed by atoms with Gasteiger partial charge in [-0.05, 0) is 31.6 Å². The van der Waals surface area contributed by atoms with Crippen LogP contribution >= 0.6 is 0 Å². The Bertz CT molecular complexity index is 814. The van der Waals surface area contributed by atoms with Crippen molar-refractivity contribution < 1.29 is 0 Å². The Morgan fingerprint density at radius 2 is 1.85 bits per heavy atom. The molecule has 6 heteroatoms. The SMILES string of the molecule is CC(C)Cc1ncc2c(n1)CN(c1nc(N(C)C)nc3c1CCCC3)C2. The topological polar surface area (TPSA) is 58.0 Å². The van der Waals surface area contributed by atoms with E-state index in [0.29, 0.717) is 5.92 Å². The Hall–Kier alpha value is -2.24. The lowest BCUT2D eigenvalue weighted by Crippen LogP contribution is -2.24. The van der Waals surface area contributed by atoms with E-state index in [1.807, 2.05) is 25.2 Å². The standard InChI is InChI=1S/C20H28N6/c1-13(2)9-18-21-10-14-11-26(12-17(14)22-18)19-15-7-5-6-8-16(15)23-20(24-19)25(3)4/h10,13H,5-9,11-12H2,1-4H3. The normalized spacial score (nSPS) is 16.0. The van der Waals surface area contributed by atoms with E-state index in [4.69, 9.17) is 15.0 Å². The lowest BCUT2D eigenvalue weighted by molar-refractivity contribution is 0.617. The fourth-order valence-corrected chi connectivity index (χ4v) is 3.83. The van der Waals surface area contributed by atoms with Crippen LogP contribution in [-0.2, 0) is 32.4 Å². The Kier molecular flexibility index (Phi) is 4.51. The fraction of sp³-hybridized carbons (Fsp3) is 0.600. The van der Waals surface area contributed by atoms with Gasteiger partial charge in [-0.2, -0.15) is 4.98 Å². The Morgan fingerprint density at radius 1 is 1.04 bits per heavy atom. The van der Waals surface area contributed by atoms with Crippen molar-refractivity contribution in [2.75, 3.05) is 23.9 Å². The zero-order chi connectivity index (χ0) is 18.3. The summed E-state index contributed by atoms with van der Waals surface area (Å²) in [5, 5.41) is 0. The predicted molar refractivity (Wildman–Crippen MR) is 103 cm³/mol. The minimum atomic E-state index is 0.571. The summed E-state index contributed by atoms with van der Waals surface area (Å²) in [5.74, 6) is 3.44. The summed E-state index contributed by atoms with van der Waals surface area (Å²) in [6, 6.07) is 0.